The second-order valence-corrected chi connectivity index (χ2v) is 7.38. The number of nitrogens with one attached hydrogen (secondary N) is 1. The lowest BCUT2D eigenvalue weighted by Crippen LogP contribution is -2.38. The minimum absolute atomic E-state index is 0.133. The Morgan fingerprint density at radius 3 is 2.38 bits per heavy atom. The second kappa shape index (κ2) is 4.75. The van der Waals surface area contributed by atoms with Crippen molar-refractivity contribution in [3.63, 3.8) is 0 Å². The molecule has 0 radical (unpaired) electrons. The lowest BCUT2D eigenvalue weighted by molar-refractivity contribution is -0.124. The third-order valence-electron chi connectivity index (χ3n) is 6.47. The number of benzene rings is 1. The molecule has 0 aromatic heterocycles. The minimum Gasteiger partial charge on any atom is -0.497 e. The van der Waals surface area contributed by atoms with Crippen molar-refractivity contribution in [2.24, 2.45) is 22.7 Å². The molecule has 1 N–H and O–H groups in total. The van der Waals surface area contributed by atoms with E-state index in [-0.39, 0.29) is 22.7 Å². The second-order valence-electron chi connectivity index (χ2n) is 7.38. The average molecular weight is 287 g/mol. The van der Waals surface area contributed by atoms with Gasteiger partial charge in [0.1, 0.15) is 5.75 Å². The van der Waals surface area contributed by atoms with Crippen molar-refractivity contribution in [3.05, 3.63) is 24.3 Å². The lowest BCUT2D eigenvalue weighted by Gasteiger charge is -2.38. The third-order valence-corrected chi connectivity index (χ3v) is 6.47. The van der Waals surface area contributed by atoms with Crippen LogP contribution in [0.2, 0.25) is 0 Å². The zero-order chi connectivity index (χ0) is 15.3. The maximum Gasteiger partial charge on any atom is 0.228 e. The van der Waals surface area contributed by atoms with Crippen LogP contribution in [0, 0.1) is 22.7 Å². The van der Waals surface area contributed by atoms with Gasteiger partial charge in [-0.15, -0.1) is 0 Å². The van der Waals surface area contributed by atoms with Gasteiger partial charge in [0.2, 0.25) is 5.91 Å². The topological polar surface area (TPSA) is 38.3 Å². The molecule has 3 rings (SSSR count). The van der Waals surface area contributed by atoms with Crippen LogP contribution in [-0.2, 0) is 4.79 Å². The molecular formula is C18H25NO2. The minimum atomic E-state index is 0.133. The van der Waals surface area contributed by atoms with E-state index in [2.05, 4.69) is 26.1 Å². The van der Waals surface area contributed by atoms with Crippen LogP contribution in [0.4, 0.5) is 5.69 Å². The Kier molecular flexibility index (Phi) is 3.27. The number of anilines is 1. The molecule has 3 heteroatoms. The van der Waals surface area contributed by atoms with Gasteiger partial charge in [-0.05, 0) is 60.3 Å². The number of methoxy groups -OCH3 is 1. The van der Waals surface area contributed by atoms with Gasteiger partial charge in [0.05, 0.1) is 7.11 Å². The highest BCUT2D eigenvalue weighted by atomic mass is 16.5. The Bertz CT molecular complexity index is 549. The first-order valence-electron chi connectivity index (χ1n) is 7.83. The summed E-state index contributed by atoms with van der Waals surface area (Å²) in [5.41, 5.74) is 1.26. The molecule has 114 valence electrons. The van der Waals surface area contributed by atoms with Gasteiger partial charge in [-0.2, -0.15) is 0 Å². The largest absolute Gasteiger partial charge is 0.497 e. The van der Waals surface area contributed by atoms with Gasteiger partial charge in [-0.3, -0.25) is 4.79 Å². The van der Waals surface area contributed by atoms with E-state index in [0.29, 0.717) is 5.92 Å². The molecule has 0 heterocycles. The molecule has 0 saturated heterocycles. The molecule has 3 atom stereocenters. The molecule has 1 amide bonds. The van der Waals surface area contributed by atoms with Crippen LogP contribution in [0.15, 0.2) is 24.3 Å². The van der Waals surface area contributed by atoms with Gasteiger partial charge in [-0.1, -0.05) is 20.8 Å². The number of fused-ring (bicyclic) bond motifs is 2. The van der Waals surface area contributed by atoms with E-state index in [1.165, 1.54) is 12.8 Å². The van der Waals surface area contributed by atoms with E-state index in [4.69, 9.17) is 4.74 Å². The molecule has 2 bridgehead atoms. The number of carbonyl (C=O) groups is 1. The van der Waals surface area contributed by atoms with Gasteiger partial charge < -0.3 is 10.1 Å². The Morgan fingerprint density at radius 1 is 1.24 bits per heavy atom. The Labute approximate surface area is 127 Å². The van der Waals surface area contributed by atoms with Crippen molar-refractivity contribution in [3.8, 4) is 5.75 Å². The van der Waals surface area contributed by atoms with E-state index in [1.807, 2.05) is 24.3 Å². The Hall–Kier alpha value is -1.51. The van der Waals surface area contributed by atoms with Crippen molar-refractivity contribution in [1.82, 2.24) is 0 Å². The van der Waals surface area contributed by atoms with Crippen molar-refractivity contribution in [2.45, 2.75) is 40.0 Å². The number of amides is 1. The molecule has 2 saturated carbocycles. The van der Waals surface area contributed by atoms with Crippen LogP contribution in [0.25, 0.3) is 0 Å². The number of hydrogen-bond acceptors (Lipinski definition) is 2. The van der Waals surface area contributed by atoms with E-state index in [1.54, 1.807) is 7.11 Å². The van der Waals surface area contributed by atoms with Crippen molar-refractivity contribution in [1.29, 1.82) is 0 Å². The molecule has 3 nitrogen and oxygen atoms in total. The fraction of sp³-hybridized carbons (Fsp3) is 0.611. The maximum atomic E-state index is 12.7. The number of ether oxygens (including phenoxy) is 1. The Morgan fingerprint density at radius 2 is 1.90 bits per heavy atom. The molecule has 21 heavy (non-hydrogen) atoms. The van der Waals surface area contributed by atoms with Crippen LogP contribution >= 0.6 is 0 Å². The van der Waals surface area contributed by atoms with Crippen molar-refractivity contribution < 1.29 is 9.53 Å². The summed E-state index contributed by atoms with van der Waals surface area (Å²) in [5.74, 6) is 1.81. The summed E-state index contributed by atoms with van der Waals surface area (Å²) in [5, 5.41) is 3.09. The predicted molar refractivity (Wildman–Crippen MR) is 84.3 cm³/mol. The third kappa shape index (κ3) is 2.05. The summed E-state index contributed by atoms with van der Waals surface area (Å²) in [6, 6.07) is 7.55. The van der Waals surface area contributed by atoms with Crippen LogP contribution in [0.3, 0.4) is 0 Å². The smallest absolute Gasteiger partial charge is 0.228 e. The lowest BCUT2D eigenvalue weighted by atomic mass is 9.66. The standard InChI is InChI=1S/C18H25NO2/c1-17(2)12-9-10-18(17,3)15(11-12)16(20)19-13-5-7-14(21-4)8-6-13/h5-8,12,15H,9-11H2,1-4H3,(H,19,20)/t12-,15-,18+/m1/s1. The Balaban J connectivity index is 1.74. The highest BCUT2D eigenvalue weighted by molar-refractivity contribution is 5.93. The molecule has 1 aromatic carbocycles. The van der Waals surface area contributed by atoms with Gasteiger partial charge in [-0.25, -0.2) is 0 Å². The zero-order valence-corrected chi connectivity index (χ0v) is 13.4. The summed E-state index contributed by atoms with van der Waals surface area (Å²) < 4.78 is 5.14. The van der Waals surface area contributed by atoms with Crippen LogP contribution < -0.4 is 10.1 Å². The van der Waals surface area contributed by atoms with Gasteiger partial charge in [0, 0.05) is 11.6 Å². The van der Waals surface area contributed by atoms with Gasteiger partial charge in [0.25, 0.3) is 0 Å². The summed E-state index contributed by atoms with van der Waals surface area (Å²) in [6.07, 6.45) is 3.48. The quantitative estimate of drug-likeness (QED) is 0.909. The van der Waals surface area contributed by atoms with E-state index in [9.17, 15) is 4.79 Å². The van der Waals surface area contributed by atoms with E-state index >= 15 is 0 Å². The number of carbonyl (C=O) groups excluding carboxylic acids is 1. The zero-order valence-electron chi connectivity index (χ0n) is 13.4. The van der Waals surface area contributed by atoms with Crippen LogP contribution in [0.1, 0.15) is 40.0 Å². The molecule has 1 aromatic rings. The summed E-state index contributed by atoms with van der Waals surface area (Å²) in [7, 11) is 1.64. The van der Waals surface area contributed by atoms with Crippen LogP contribution in [0.5, 0.6) is 5.75 Å². The fourth-order valence-corrected chi connectivity index (χ4v) is 4.50. The first kappa shape index (κ1) is 14.4. The summed E-state index contributed by atoms with van der Waals surface area (Å²) in [4.78, 5) is 12.7. The monoisotopic (exact) mass is 287 g/mol. The predicted octanol–water partition coefficient (Wildman–Crippen LogP) is 4.10. The molecule has 2 aliphatic carbocycles. The van der Waals surface area contributed by atoms with E-state index < -0.39 is 0 Å². The van der Waals surface area contributed by atoms with Gasteiger partial charge >= 0.3 is 0 Å². The van der Waals surface area contributed by atoms with Crippen molar-refractivity contribution in [2.75, 3.05) is 12.4 Å². The molecule has 0 unspecified atom stereocenters. The summed E-state index contributed by atoms with van der Waals surface area (Å²) in [6.45, 7) is 6.98. The number of hydrogen-bond donors (Lipinski definition) is 1. The van der Waals surface area contributed by atoms with Crippen LogP contribution in [-0.4, -0.2) is 13.0 Å². The molecule has 0 aliphatic heterocycles. The molecule has 0 spiro atoms. The first-order valence-corrected chi connectivity index (χ1v) is 7.83. The number of rotatable bonds is 3. The first-order chi connectivity index (χ1) is 9.88. The SMILES string of the molecule is COc1ccc(NC(=O)[C@H]2C[C@H]3CC[C@]2(C)C3(C)C)cc1. The normalized spacial score (nSPS) is 33.0. The average Bonchev–Trinajstić information content (AvgIpc) is 2.80. The van der Waals surface area contributed by atoms with Gasteiger partial charge in [0.15, 0.2) is 0 Å². The molecule has 2 fully saturated rings. The fourth-order valence-electron chi connectivity index (χ4n) is 4.50. The molecular weight excluding hydrogens is 262 g/mol. The van der Waals surface area contributed by atoms with Crippen molar-refractivity contribution >= 4 is 11.6 Å². The molecule has 2 aliphatic rings. The maximum absolute atomic E-state index is 12.7. The highest BCUT2D eigenvalue weighted by Gasteiger charge is 2.63. The summed E-state index contributed by atoms with van der Waals surface area (Å²) >= 11 is 0. The highest BCUT2D eigenvalue weighted by Crippen LogP contribution is 2.68. The van der Waals surface area contributed by atoms with E-state index in [0.717, 1.165) is 17.9 Å².